The molecule has 3 aromatic rings. The maximum absolute atomic E-state index is 13.1. The minimum Gasteiger partial charge on any atom is -0.466 e. The number of esters is 1. The normalized spacial score (nSPS) is 12.1. The van der Waals surface area contributed by atoms with Crippen LogP contribution in [0.1, 0.15) is 39.5 Å². The van der Waals surface area contributed by atoms with Gasteiger partial charge in [-0.1, -0.05) is 42.0 Å². The van der Waals surface area contributed by atoms with E-state index in [1.165, 1.54) is 0 Å². The van der Waals surface area contributed by atoms with E-state index >= 15 is 0 Å². The molecule has 0 fully saturated rings. The number of nitrogens with zero attached hydrogens (tertiary/aromatic N) is 1. The Kier molecular flexibility index (Phi) is 7.45. The Balaban J connectivity index is 1.34. The zero-order valence-corrected chi connectivity index (χ0v) is 20.0. The summed E-state index contributed by atoms with van der Waals surface area (Å²) in [6.45, 7) is 5.07. The highest BCUT2D eigenvalue weighted by Gasteiger charge is 2.26. The van der Waals surface area contributed by atoms with Crippen LogP contribution in [0.15, 0.2) is 66.7 Å². The van der Waals surface area contributed by atoms with Crippen molar-refractivity contribution in [3.8, 4) is 0 Å². The van der Waals surface area contributed by atoms with Crippen LogP contribution in [0.25, 0.3) is 0 Å². The Morgan fingerprint density at radius 1 is 0.971 bits per heavy atom. The second-order valence-corrected chi connectivity index (χ2v) is 8.53. The molecule has 1 aliphatic rings. The van der Waals surface area contributed by atoms with Crippen LogP contribution in [0.4, 0.5) is 16.2 Å². The van der Waals surface area contributed by atoms with Gasteiger partial charge in [0.25, 0.3) is 5.91 Å². The molecule has 3 aromatic carbocycles. The van der Waals surface area contributed by atoms with Gasteiger partial charge >= 0.3 is 12.0 Å². The number of rotatable bonds is 7. The first kappa shape index (κ1) is 24.0. The molecule has 0 unspecified atom stereocenters. The van der Waals surface area contributed by atoms with Crippen LogP contribution in [-0.2, 0) is 28.9 Å². The summed E-state index contributed by atoms with van der Waals surface area (Å²) < 4.78 is 4.95. The Morgan fingerprint density at radius 3 is 2.49 bits per heavy atom. The zero-order valence-electron chi connectivity index (χ0n) is 20.0. The molecule has 0 atom stereocenters. The SMILES string of the molecule is CCOC(=O)Cc1ccc(NC(=O)NCc2ccc3c(c2)N(C(=O)c2cccc(C)c2)CC3)cc1. The molecule has 0 aromatic heterocycles. The number of anilines is 2. The van der Waals surface area contributed by atoms with E-state index in [0.717, 1.165) is 34.4 Å². The number of ether oxygens (including phenoxy) is 1. The lowest BCUT2D eigenvalue weighted by Crippen LogP contribution is -2.29. The molecule has 0 aliphatic carbocycles. The van der Waals surface area contributed by atoms with Crippen molar-refractivity contribution in [2.75, 3.05) is 23.4 Å². The number of carbonyl (C=O) groups is 3. The first-order valence-corrected chi connectivity index (χ1v) is 11.7. The predicted octanol–water partition coefficient (Wildman–Crippen LogP) is 4.63. The molecule has 0 bridgehead atoms. The standard InChI is InChI=1S/C28H29N3O4/c1-3-35-26(32)17-20-8-11-24(12-9-20)30-28(34)29-18-21-7-10-22-13-14-31(25(22)16-21)27(33)23-6-4-5-19(2)15-23/h4-12,15-16H,3,13-14,17-18H2,1-2H3,(H2,29,30,34). The molecule has 0 spiro atoms. The van der Waals surface area contributed by atoms with Gasteiger partial charge in [0.05, 0.1) is 13.0 Å². The second kappa shape index (κ2) is 10.9. The first-order chi connectivity index (χ1) is 16.9. The van der Waals surface area contributed by atoms with E-state index in [9.17, 15) is 14.4 Å². The van der Waals surface area contributed by atoms with Crippen molar-refractivity contribution in [2.24, 2.45) is 0 Å². The maximum Gasteiger partial charge on any atom is 0.319 e. The van der Waals surface area contributed by atoms with Gasteiger partial charge < -0.3 is 20.3 Å². The van der Waals surface area contributed by atoms with Gasteiger partial charge in [-0.3, -0.25) is 9.59 Å². The van der Waals surface area contributed by atoms with E-state index in [2.05, 4.69) is 10.6 Å². The quantitative estimate of drug-likeness (QED) is 0.492. The molecule has 3 amide bonds. The maximum atomic E-state index is 13.1. The van der Waals surface area contributed by atoms with Crippen LogP contribution >= 0.6 is 0 Å². The highest BCUT2D eigenvalue weighted by Crippen LogP contribution is 2.30. The average Bonchev–Trinajstić information content (AvgIpc) is 3.27. The number of benzene rings is 3. The minimum absolute atomic E-state index is 0.0123. The van der Waals surface area contributed by atoms with Crippen LogP contribution < -0.4 is 15.5 Å². The van der Waals surface area contributed by atoms with Gasteiger partial charge in [0, 0.05) is 30.0 Å². The van der Waals surface area contributed by atoms with E-state index in [-0.39, 0.29) is 24.3 Å². The number of hydrogen-bond acceptors (Lipinski definition) is 4. The highest BCUT2D eigenvalue weighted by molar-refractivity contribution is 6.07. The first-order valence-electron chi connectivity index (χ1n) is 11.7. The summed E-state index contributed by atoms with van der Waals surface area (Å²) in [6.07, 6.45) is 1.01. The van der Waals surface area contributed by atoms with Crippen molar-refractivity contribution >= 4 is 29.3 Å². The van der Waals surface area contributed by atoms with Crippen molar-refractivity contribution in [2.45, 2.75) is 33.2 Å². The highest BCUT2D eigenvalue weighted by atomic mass is 16.5. The number of amides is 3. The number of carbonyl (C=O) groups excluding carboxylic acids is 3. The van der Waals surface area contributed by atoms with Crippen molar-refractivity contribution in [1.82, 2.24) is 5.32 Å². The molecular formula is C28H29N3O4. The lowest BCUT2D eigenvalue weighted by Gasteiger charge is -2.18. The van der Waals surface area contributed by atoms with E-state index in [4.69, 9.17) is 4.74 Å². The van der Waals surface area contributed by atoms with Crippen LogP contribution in [0.3, 0.4) is 0 Å². The summed E-state index contributed by atoms with van der Waals surface area (Å²) >= 11 is 0. The summed E-state index contributed by atoms with van der Waals surface area (Å²) in [5.74, 6) is -0.291. The molecule has 4 rings (SSSR count). The van der Waals surface area contributed by atoms with Crippen LogP contribution in [0, 0.1) is 6.92 Å². The number of nitrogens with one attached hydrogen (secondary N) is 2. The van der Waals surface area contributed by atoms with Crippen molar-refractivity contribution in [3.05, 3.63) is 94.5 Å². The number of urea groups is 1. The molecule has 0 radical (unpaired) electrons. The van der Waals surface area contributed by atoms with E-state index in [0.29, 0.717) is 30.9 Å². The third-order valence-corrected chi connectivity index (χ3v) is 5.87. The van der Waals surface area contributed by atoms with Gasteiger partial charge in [0.1, 0.15) is 0 Å². The smallest absolute Gasteiger partial charge is 0.319 e. The molecule has 7 heteroatoms. The summed E-state index contributed by atoms with van der Waals surface area (Å²) in [5.41, 5.74) is 6.10. The predicted molar refractivity (Wildman–Crippen MR) is 136 cm³/mol. The Morgan fingerprint density at radius 2 is 1.74 bits per heavy atom. The molecule has 35 heavy (non-hydrogen) atoms. The lowest BCUT2D eigenvalue weighted by molar-refractivity contribution is -0.142. The topological polar surface area (TPSA) is 87.7 Å². The molecule has 2 N–H and O–H groups in total. The number of fused-ring (bicyclic) bond motifs is 1. The van der Waals surface area contributed by atoms with Crippen molar-refractivity contribution in [3.63, 3.8) is 0 Å². The summed E-state index contributed by atoms with van der Waals surface area (Å²) in [6, 6.07) is 20.3. The van der Waals surface area contributed by atoms with Gasteiger partial charge in [-0.15, -0.1) is 0 Å². The van der Waals surface area contributed by atoms with Crippen molar-refractivity contribution in [1.29, 1.82) is 0 Å². The number of aryl methyl sites for hydroxylation is 1. The Bertz CT molecular complexity index is 1240. The van der Waals surface area contributed by atoms with E-state index in [1.54, 1.807) is 31.2 Å². The second-order valence-electron chi connectivity index (χ2n) is 8.53. The fraction of sp³-hybridized carbons (Fsp3) is 0.250. The van der Waals surface area contributed by atoms with Gasteiger partial charge in [0.2, 0.25) is 0 Å². The van der Waals surface area contributed by atoms with Crippen LogP contribution in [0.2, 0.25) is 0 Å². The van der Waals surface area contributed by atoms with Crippen LogP contribution in [-0.4, -0.2) is 31.1 Å². The summed E-state index contributed by atoms with van der Waals surface area (Å²) in [5, 5.41) is 5.65. The Labute approximate surface area is 205 Å². The van der Waals surface area contributed by atoms with E-state index in [1.807, 2.05) is 54.3 Å². The lowest BCUT2D eigenvalue weighted by atomic mass is 10.1. The van der Waals surface area contributed by atoms with E-state index < -0.39 is 0 Å². The third kappa shape index (κ3) is 6.06. The molecule has 0 saturated heterocycles. The molecule has 1 aliphatic heterocycles. The van der Waals surface area contributed by atoms with Gasteiger partial charge in [0.15, 0.2) is 0 Å². The molecule has 180 valence electrons. The molecule has 0 saturated carbocycles. The van der Waals surface area contributed by atoms with Gasteiger partial charge in [-0.05, 0) is 67.3 Å². The van der Waals surface area contributed by atoms with Gasteiger partial charge in [-0.2, -0.15) is 0 Å². The Hall–Kier alpha value is -4.13. The fourth-order valence-electron chi connectivity index (χ4n) is 4.12. The summed E-state index contributed by atoms with van der Waals surface area (Å²) in [4.78, 5) is 38.9. The van der Waals surface area contributed by atoms with Crippen LogP contribution in [0.5, 0.6) is 0 Å². The zero-order chi connectivity index (χ0) is 24.8. The molecule has 1 heterocycles. The summed E-state index contributed by atoms with van der Waals surface area (Å²) in [7, 11) is 0. The minimum atomic E-state index is -0.337. The monoisotopic (exact) mass is 471 g/mol. The number of hydrogen-bond donors (Lipinski definition) is 2. The third-order valence-electron chi connectivity index (χ3n) is 5.87. The van der Waals surface area contributed by atoms with Gasteiger partial charge in [-0.25, -0.2) is 4.79 Å². The molecular weight excluding hydrogens is 442 g/mol. The average molecular weight is 472 g/mol. The van der Waals surface area contributed by atoms with Crippen molar-refractivity contribution < 1.29 is 19.1 Å². The fourth-order valence-corrected chi connectivity index (χ4v) is 4.12. The largest absolute Gasteiger partial charge is 0.466 e. The molecule has 7 nitrogen and oxygen atoms in total.